The molecule has 0 saturated heterocycles. The van der Waals surface area contributed by atoms with E-state index in [9.17, 15) is 9.59 Å². The third-order valence-corrected chi connectivity index (χ3v) is 5.50. The quantitative estimate of drug-likeness (QED) is 0.472. The van der Waals surface area contributed by atoms with Gasteiger partial charge in [0.25, 0.3) is 5.91 Å². The lowest BCUT2D eigenvalue weighted by Gasteiger charge is -2.08. The second-order valence-corrected chi connectivity index (χ2v) is 7.40. The number of primary amides is 1. The number of thiophene rings is 1. The number of carbonyl (C=O) groups is 2. The fourth-order valence-electron chi connectivity index (χ4n) is 3.09. The molecule has 7 nitrogen and oxygen atoms in total. The number of hydrogen-bond donors (Lipinski definition) is 3. The number of nitrogens with one attached hydrogen (secondary N) is 1. The minimum absolute atomic E-state index is 0.118. The van der Waals surface area contributed by atoms with E-state index in [0.29, 0.717) is 21.6 Å². The topological polar surface area (TPSA) is 124 Å². The third kappa shape index (κ3) is 3.78. The monoisotopic (exact) mass is 403 g/mol. The first-order chi connectivity index (χ1) is 14.0. The largest absolute Gasteiger partial charge is 0.397 e. The number of benzene rings is 2. The molecule has 0 bridgehead atoms. The number of aromatic nitrogens is 2. The van der Waals surface area contributed by atoms with E-state index in [-0.39, 0.29) is 22.9 Å². The fourth-order valence-corrected chi connectivity index (χ4v) is 4.00. The van der Waals surface area contributed by atoms with Gasteiger partial charge in [-0.3, -0.25) is 9.59 Å². The zero-order valence-corrected chi connectivity index (χ0v) is 16.1. The smallest absolute Gasteiger partial charge is 0.260 e. The van der Waals surface area contributed by atoms with Gasteiger partial charge in [-0.2, -0.15) is 0 Å². The maximum absolute atomic E-state index is 12.4. The molecule has 0 spiro atoms. The average Bonchev–Trinajstić information content (AvgIpc) is 3.06. The summed E-state index contributed by atoms with van der Waals surface area (Å²) >= 11 is 1.14. The predicted molar refractivity (Wildman–Crippen MR) is 115 cm³/mol. The van der Waals surface area contributed by atoms with Crippen LogP contribution in [-0.4, -0.2) is 21.8 Å². The van der Waals surface area contributed by atoms with Gasteiger partial charge < -0.3 is 16.8 Å². The molecule has 5 N–H and O–H groups in total. The fraction of sp³-hybridized carbons (Fsp3) is 0.0476. The molecule has 8 heteroatoms. The highest BCUT2D eigenvalue weighted by atomic mass is 32.1. The zero-order valence-electron chi connectivity index (χ0n) is 15.3. The summed E-state index contributed by atoms with van der Waals surface area (Å²) < 4.78 is 0. The summed E-state index contributed by atoms with van der Waals surface area (Å²) in [6, 6.07) is 16.8. The van der Waals surface area contributed by atoms with Crippen LogP contribution in [0.25, 0.3) is 21.5 Å². The molecule has 2 amide bonds. The summed E-state index contributed by atoms with van der Waals surface area (Å²) in [6.45, 7) is 0. The van der Waals surface area contributed by atoms with E-state index in [1.807, 2.05) is 48.5 Å². The zero-order chi connectivity index (χ0) is 20.4. The molecule has 0 fully saturated rings. The molecule has 0 atom stereocenters. The van der Waals surface area contributed by atoms with Gasteiger partial charge in [-0.05, 0) is 17.7 Å². The van der Waals surface area contributed by atoms with Gasteiger partial charge in [0.15, 0.2) is 0 Å². The highest BCUT2D eigenvalue weighted by Crippen LogP contribution is 2.37. The molecule has 29 heavy (non-hydrogen) atoms. The molecular weight excluding hydrogens is 386 g/mol. The Bertz CT molecular complexity index is 1220. The van der Waals surface area contributed by atoms with Crippen molar-refractivity contribution in [3.63, 3.8) is 0 Å². The average molecular weight is 403 g/mol. The molecular formula is C21H17N5O2S. The van der Waals surface area contributed by atoms with Gasteiger partial charge in [-0.25, -0.2) is 9.97 Å². The third-order valence-electron chi connectivity index (χ3n) is 4.38. The maximum Gasteiger partial charge on any atom is 0.260 e. The molecule has 0 aliphatic carbocycles. The van der Waals surface area contributed by atoms with E-state index in [2.05, 4.69) is 15.3 Å². The van der Waals surface area contributed by atoms with Crippen molar-refractivity contribution in [2.75, 3.05) is 11.1 Å². The van der Waals surface area contributed by atoms with E-state index in [1.54, 1.807) is 6.07 Å². The van der Waals surface area contributed by atoms with Crippen molar-refractivity contribution in [3.8, 4) is 11.3 Å². The Hall–Kier alpha value is -3.78. The lowest BCUT2D eigenvalue weighted by atomic mass is 10.1. The van der Waals surface area contributed by atoms with Crippen molar-refractivity contribution < 1.29 is 9.59 Å². The summed E-state index contributed by atoms with van der Waals surface area (Å²) in [6.07, 6.45) is 1.70. The lowest BCUT2D eigenvalue weighted by Crippen LogP contribution is -2.14. The summed E-state index contributed by atoms with van der Waals surface area (Å²) in [7, 11) is 0. The number of anilines is 2. The van der Waals surface area contributed by atoms with Crippen LogP contribution in [0.1, 0.15) is 15.2 Å². The predicted octanol–water partition coefficient (Wildman–Crippen LogP) is 3.22. The van der Waals surface area contributed by atoms with Gasteiger partial charge in [0.05, 0.1) is 23.2 Å². The summed E-state index contributed by atoms with van der Waals surface area (Å²) in [4.78, 5) is 33.4. The Morgan fingerprint density at radius 3 is 2.59 bits per heavy atom. The molecule has 2 aromatic heterocycles. The van der Waals surface area contributed by atoms with Gasteiger partial charge in [0.2, 0.25) is 5.91 Å². The van der Waals surface area contributed by atoms with Gasteiger partial charge in [0.1, 0.15) is 16.0 Å². The Morgan fingerprint density at radius 2 is 1.83 bits per heavy atom. The Labute approximate surface area is 170 Å². The van der Waals surface area contributed by atoms with E-state index in [1.165, 1.54) is 6.33 Å². The van der Waals surface area contributed by atoms with E-state index in [4.69, 9.17) is 11.5 Å². The van der Waals surface area contributed by atoms with E-state index < -0.39 is 5.91 Å². The molecule has 0 aliphatic heterocycles. The Kier molecular flexibility index (Phi) is 4.92. The highest BCUT2D eigenvalue weighted by Gasteiger charge is 2.19. The maximum atomic E-state index is 12.4. The second-order valence-electron chi connectivity index (χ2n) is 6.40. The van der Waals surface area contributed by atoms with Crippen molar-refractivity contribution in [2.24, 2.45) is 5.73 Å². The number of hydrogen-bond acceptors (Lipinski definition) is 6. The molecule has 144 valence electrons. The SMILES string of the molecule is NC(=O)c1sc2ncnc(-c3cccc(NC(=O)Cc4ccccc4)c3)c2c1N. The summed E-state index contributed by atoms with van der Waals surface area (Å²) in [5, 5.41) is 3.48. The lowest BCUT2D eigenvalue weighted by molar-refractivity contribution is -0.115. The van der Waals surface area contributed by atoms with Crippen molar-refractivity contribution in [3.05, 3.63) is 71.4 Å². The van der Waals surface area contributed by atoms with Crippen LogP contribution in [-0.2, 0) is 11.2 Å². The van der Waals surface area contributed by atoms with Crippen molar-refractivity contribution in [1.29, 1.82) is 0 Å². The number of carbonyl (C=O) groups excluding carboxylic acids is 2. The van der Waals surface area contributed by atoms with Crippen molar-refractivity contribution in [1.82, 2.24) is 9.97 Å². The van der Waals surface area contributed by atoms with Crippen LogP contribution in [0.15, 0.2) is 60.9 Å². The number of nitrogens with zero attached hydrogens (tertiary/aromatic N) is 2. The standard InChI is InChI=1S/C21H17N5O2S/c22-17-16-18(24-11-25-21(16)29-19(17)20(23)28)13-7-4-8-14(10-13)26-15(27)9-12-5-2-1-3-6-12/h1-8,10-11H,9,22H2,(H2,23,28)(H,26,27). The van der Waals surface area contributed by atoms with Gasteiger partial charge >= 0.3 is 0 Å². The van der Waals surface area contributed by atoms with Gasteiger partial charge in [0, 0.05) is 11.3 Å². The molecule has 0 unspecified atom stereocenters. The number of fused-ring (bicyclic) bond motifs is 1. The van der Waals surface area contributed by atoms with Crippen LogP contribution in [0.4, 0.5) is 11.4 Å². The number of rotatable bonds is 5. The first-order valence-electron chi connectivity index (χ1n) is 8.80. The van der Waals surface area contributed by atoms with Crippen LogP contribution in [0.2, 0.25) is 0 Å². The first-order valence-corrected chi connectivity index (χ1v) is 9.61. The minimum Gasteiger partial charge on any atom is -0.397 e. The normalized spacial score (nSPS) is 10.8. The number of nitrogen functional groups attached to an aromatic ring is 1. The molecule has 2 heterocycles. The van der Waals surface area contributed by atoms with E-state index >= 15 is 0 Å². The molecule has 0 radical (unpaired) electrons. The first kappa shape index (κ1) is 18.6. The van der Waals surface area contributed by atoms with Crippen LogP contribution in [0.5, 0.6) is 0 Å². The molecule has 0 saturated carbocycles. The second kappa shape index (κ2) is 7.69. The van der Waals surface area contributed by atoms with Crippen molar-refractivity contribution in [2.45, 2.75) is 6.42 Å². The molecule has 4 aromatic rings. The summed E-state index contributed by atoms with van der Waals surface area (Å²) in [5.41, 5.74) is 14.7. The van der Waals surface area contributed by atoms with Crippen LogP contribution in [0, 0.1) is 0 Å². The van der Waals surface area contributed by atoms with Crippen LogP contribution in [0.3, 0.4) is 0 Å². The molecule has 0 aliphatic rings. The Balaban J connectivity index is 1.65. The van der Waals surface area contributed by atoms with Gasteiger partial charge in [-0.1, -0.05) is 42.5 Å². The highest BCUT2D eigenvalue weighted by molar-refractivity contribution is 7.21. The Morgan fingerprint density at radius 1 is 1.03 bits per heavy atom. The van der Waals surface area contributed by atoms with Crippen LogP contribution >= 0.6 is 11.3 Å². The van der Waals surface area contributed by atoms with Gasteiger partial charge in [-0.15, -0.1) is 11.3 Å². The minimum atomic E-state index is -0.599. The molecule has 2 aromatic carbocycles. The number of nitrogens with two attached hydrogens (primary N) is 2. The summed E-state index contributed by atoms with van der Waals surface area (Å²) in [5.74, 6) is -0.717. The van der Waals surface area contributed by atoms with Crippen LogP contribution < -0.4 is 16.8 Å². The molecule has 4 rings (SSSR count). The van der Waals surface area contributed by atoms with E-state index in [0.717, 1.165) is 22.5 Å². The van der Waals surface area contributed by atoms with Crippen molar-refractivity contribution >= 4 is 44.7 Å². The number of amides is 2.